The second kappa shape index (κ2) is 6.63. The molecule has 0 saturated heterocycles. The lowest BCUT2D eigenvalue weighted by Crippen LogP contribution is -2.03. The lowest BCUT2D eigenvalue weighted by Gasteiger charge is -2.11. The zero-order valence-corrected chi connectivity index (χ0v) is 9.85. The number of hydrogen-bond donors (Lipinski definition) is 2. The van der Waals surface area contributed by atoms with Crippen LogP contribution in [0.4, 0.5) is 8.78 Å². The summed E-state index contributed by atoms with van der Waals surface area (Å²) < 4.78 is 25.7. The van der Waals surface area contributed by atoms with E-state index in [0.717, 1.165) is 6.08 Å². The van der Waals surface area contributed by atoms with E-state index in [-0.39, 0.29) is 24.0 Å². The number of alkyl halides is 2. The minimum atomic E-state index is -2.73. The first kappa shape index (κ1) is 14.8. The Bertz CT molecular complexity index is 509. The van der Waals surface area contributed by atoms with Crippen LogP contribution < -0.4 is 0 Å². The molecule has 0 heterocycles. The highest BCUT2D eigenvalue weighted by atomic mass is 19.3. The topological polar surface area (TPSA) is 74.6 Å². The van der Waals surface area contributed by atoms with Crippen LogP contribution in [0.5, 0.6) is 0 Å². The number of carboxylic acids is 2. The van der Waals surface area contributed by atoms with Crippen LogP contribution in [0.15, 0.2) is 24.3 Å². The maximum atomic E-state index is 12.8. The fraction of sp³-hybridized carbons (Fsp3) is 0.231. The van der Waals surface area contributed by atoms with Crippen LogP contribution in [0.2, 0.25) is 0 Å². The molecule has 0 bridgehead atoms. The van der Waals surface area contributed by atoms with Gasteiger partial charge < -0.3 is 10.2 Å². The molecule has 1 rings (SSSR count). The van der Waals surface area contributed by atoms with E-state index in [4.69, 9.17) is 10.2 Å². The molecule has 0 amide bonds. The van der Waals surface area contributed by atoms with Gasteiger partial charge in [-0.05, 0) is 23.6 Å². The van der Waals surface area contributed by atoms with Gasteiger partial charge in [-0.1, -0.05) is 18.2 Å². The number of aliphatic carboxylic acids is 2. The van der Waals surface area contributed by atoms with E-state index in [1.165, 1.54) is 24.3 Å². The Balaban J connectivity index is 3.17. The van der Waals surface area contributed by atoms with E-state index in [9.17, 15) is 18.4 Å². The zero-order valence-electron chi connectivity index (χ0n) is 9.85. The largest absolute Gasteiger partial charge is 0.481 e. The van der Waals surface area contributed by atoms with Gasteiger partial charge in [0.2, 0.25) is 0 Å². The Hall–Kier alpha value is -2.24. The highest BCUT2D eigenvalue weighted by Gasteiger charge is 2.15. The molecular weight excluding hydrogens is 258 g/mol. The summed E-state index contributed by atoms with van der Waals surface area (Å²) in [6.45, 7) is 0. The molecule has 6 heteroatoms. The molecule has 1 aromatic carbocycles. The van der Waals surface area contributed by atoms with Crippen LogP contribution >= 0.6 is 0 Å². The average molecular weight is 270 g/mol. The van der Waals surface area contributed by atoms with Crippen molar-refractivity contribution in [2.75, 3.05) is 0 Å². The Labute approximate surface area is 108 Å². The third-order valence-corrected chi connectivity index (χ3v) is 2.48. The van der Waals surface area contributed by atoms with Gasteiger partial charge in [-0.3, -0.25) is 4.79 Å². The molecule has 0 saturated carbocycles. The fourth-order valence-corrected chi connectivity index (χ4v) is 1.67. The molecule has 0 spiro atoms. The summed E-state index contributed by atoms with van der Waals surface area (Å²) in [5, 5.41) is 17.1. The molecule has 0 radical (unpaired) electrons. The molecule has 2 N–H and O–H groups in total. The van der Waals surface area contributed by atoms with Crippen molar-refractivity contribution < 1.29 is 28.6 Å². The van der Waals surface area contributed by atoms with Crippen molar-refractivity contribution in [1.82, 2.24) is 0 Å². The quantitative estimate of drug-likeness (QED) is 0.779. The highest BCUT2D eigenvalue weighted by Crippen LogP contribution is 2.27. The predicted octanol–water partition coefficient (Wildman–Crippen LogP) is 2.74. The normalized spacial score (nSPS) is 11.1. The monoisotopic (exact) mass is 270 g/mol. The predicted molar refractivity (Wildman–Crippen MR) is 64.0 cm³/mol. The molecule has 0 unspecified atom stereocenters. The summed E-state index contributed by atoms with van der Waals surface area (Å²) in [4.78, 5) is 21.0. The number of benzene rings is 1. The van der Waals surface area contributed by atoms with E-state index in [1.807, 2.05) is 0 Å². The summed E-state index contributed by atoms with van der Waals surface area (Å²) in [6, 6.07) is 4.07. The van der Waals surface area contributed by atoms with Crippen LogP contribution in [-0.4, -0.2) is 22.2 Å². The lowest BCUT2D eigenvalue weighted by molar-refractivity contribution is -0.137. The first-order valence-corrected chi connectivity index (χ1v) is 5.44. The Morgan fingerprint density at radius 1 is 1.26 bits per heavy atom. The molecule has 102 valence electrons. The standard InChI is InChI=1S/C13H12F2O4/c14-13(15)10-3-1-2-8(4-6-11(16)17)9(10)5-7-12(18)19/h1-4,6,13H,5,7H2,(H,16,17)(H,18,19). The Morgan fingerprint density at radius 2 is 1.95 bits per heavy atom. The molecule has 0 aliphatic carbocycles. The summed E-state index contributed by atoms with van der Waals surface area (Å²) in [7, 11) is 0. The van der Waals surface area contributed by atoms with Crippen molar-refractivity contribution in [3.63, 3.8) is 0 Å². The van der Waals surface area contributed by atoms with Crippen LogP contribution in [0.3, 0.4) is 0 Å². The van der Waals surface area contributed by atoms with E-state index in [2.05, 4.69) is 0 Å². The number of hydrogen-bond acceptors (Lipinski definition) is 2. The Morgan fingerprint density at radius 3 is 2.47 bits per heavy atom. The summed E-state index contributed by atoms with van der Waals surface area (Å²) >= 11 is 0. The number of halogens is 2. The maximum Gasteiger partial charge on any atom is 0.328 e. The first-order valence-electron chi connectivity index (χ1n) is 5.44. The van der Waals surface area contributed by atoms with E-state index in [1.54, 1.807) is 0 Å². The molecule has 0 atom stereocenters. The molecule has 19 heavy (non-hydrogen) atoms. The summed E-state index contributed by atoms with van der Waals surface area (Å²) in [5.74, 6) is -2.30. The highest BCUT2D eigenvalue weighted by molar-refractivity contribution is 5.85. The molecule has 0 aliphatic heterocycles. The van der Waals surface area contributed by atoms with Gasteiger partial charge in [-0.15, -0.1) is 0 Å². The van der Waals surface area contributed by atoms with Crippen LogP contribution in [0.25, 0.3) is 6.08 Å². The number of carboxylic acid groups (broad SMARTS) is 2. The summed E-state index contributed by atoms with van der Waals surface area (Å²) in [5.41, 5.74) is 0.188. The molecular formula is C13H12F2O4. The summed E-state index contributed by atoms with van der Waals surface area (Å²) in [6.07, 6.45) is -1.09. The molecule has 0 aromatic heterocycles. The SMILES string of the molecule is O=C(O)C=Cc1cccc(C(F)F)c1CCC(=O)O. The minimum absolute atomic E-state index is 0.0743. The zero-order chi connectivity index (χ0) is 14.4. The van der Waals surface area contributed by atoms with Crippen molar-refractivity contribution in [3.05, 3.63) is 41.0 Å². The van der Waals surface area contributed by atoms with E-state index < -0.39 is 18.4 Å². The maximum absolute atomic E-state index is 12.8. The Kier molecular flexibility index (Phi) is 5.17. The van der Waals surface area contributed by atoms with Gasteiger partial charge >= 0.3 is 11.9 Å². The second-order valence-corrected chi connectivity index (χ2v) is 3.78. The van der Waals surface area contributed by atoms with Gasteiger partial charge in [0.15, 0.2) is 0 Å². The average Bonchev–Trinajstić information content (AvgIpc) is 2.33. The van der Waals surface area contributed by atoms with Gasteiger partial charge in [-0.25, -0.2) is 13.6 Å². The van der Waals surface area contributed by atoms with Crippen molar-refractivity contribution >= 4 is 18.0 Å². The van der Waals surface area contributed by atoms with Gasteiger partial charge in [-0.2, -0.15) is 0 Å². The van der Waals surface area contributed by atoms with Crippen LogP contribution in [-0.2, 0) is 16.0 Å². The minimum Gasteiger partial charge on any atom is -0.481 e. The molecule has 1 aromatic rings. The number of rotatable bonds is 6. The van der Waals surface area contributed by atoms with Crippen molar-refractivity contribution in [2.24, 2.45) is 0 Å². The van der Waals surface area contributed by atoms with Crippen LogP contribution in [0, 0.1) is 0 Å². The van der Waals surface area contributed by atoms with Gasteiger partial charge in [0.05, 0.1) is 0 Å². The molecule has 0 aliphatic rings. The molecule has 4 nitrogen and oxygen atoms in total. The van der Waals surface area contributed by atoms with E-state index >= 15 is 0 Å². The molecule has 0 fully saturated rings. The smallest absolute Gasteiger partial charge is 0.328 e. The third kappa shape index (κ3) is 4.50. The number of carbonyl (C=O) groups is 2. The lowest BCUT2D eigenvalue weighted by atomic mass is 9.96. The van der Waals surface area contributed by atoms with Crippen molar-refractivity contribution in [2.45, 2.75) is 19.3 Å². The van der Waals surface area contributed by atoms with Crippen molar-refractivity contribution in [1.29, 1.82) is 0 Å². The van der Waals surface area contributed by atoms with Gasteiger partial charge in [0.1, 0.15) is 0 Å². The van der Waals surface area contributed by atoms with Crippen LogP contribution in [0.1, 0.15) is 29.5 Å². The van der Waals surface area contributed by atoms with Crippen molar-refractivity contribution in [3.8, 4) is 0 Å². The fourth-order valence-electron chi connectivity index (χ4n) is 1.67. The second-order valence-electron chi connectivity index (χ2n) is 3.78. The van der Waals surface area contributed by atoms with Gasteiger partial charge in [0, 0.05) is 18.1 Å². The first-order chi connectivity index (χ1) is 8.91. The van der Waals surface area contributed by atoms with E-state index in [0.29, 0.717) is 5.56 Å². The van der Waals surface area contributed by atoms with Gasteiger partial charge in [0.25, 0.3) is 6.43 Å². The third-order valence-electron chi connectivity index (χ3n) is 2.48.